The monoisotopic (exact) mass is 260 g/mol. The molecule has 1 fully saturated rings. The first-order valence-corrected chi connectivity index (χ1v) is 7.64. The number of hydrogen-bond donors (Lipinski definition) is 1. The normalized spacial score (nSPS) is 19.7. The summed E-state index contributed by atoms with van der Waals surface area (Å²) in [6, 6.07) is 9.72. The first-order chi connectivity index (χ1) is 9.06. The van der Waals surface area contributed by atoms with Gasteiger partial charge in [0.15, 0.2) is 0 Å². The Morgan fingerprint density at radius 1 is 1.16 bits per heavy atom. The molecular weight excluding hydrogens is 232 g/mol. The second-order valence-electron chi connectivity index (χ2n) is 6.41. The zero-order valence-corrected chi connectivity index (χ0v) is 12.8. The molecule has 0 aromatic heterocycles. The van der Waals surface area contributed by atoms with E-state index >= 15 is 0 Å². The number of hydrogen-bond acceptors (Lipinski definition) is 2. The van der Waals surface area contributed by atoms with Crippen LogP contribution in [-0.2, 0) is 0 Å². The van der Waals surface area contributed by atoms with Gasteiger partial charge < -0.3 is 10.2 Å². The fourth-order valence-electron chi connectivity index (χ4n) is 2.71. The Kier molecular flexibility index (Phi) is 4.87. The van der Waals surface area contributed by atoms with Crippen LogP contribution in [0.3, 0.4) is 0 Å². The number of benzene rings is 1. The van der Waals surface area contributed by atoms with Crippen molar-refractivity contribution in [3.05, 3.63) is 29.8 Å². The summed E-state index contributed by atoms with van der Waals surface area (Å²) in [7, 11) is 0. The zero-order chi connectivity index (χ0) is 13.8. The van der Waals surface area contributed by atoms with Crippen LogP contribution < -0.4 is 10.2 Å². The molecule has 1 N–H and O–H groups in total. The molecule has 2 nitrogen and oxygen atoms in total. The largest absolute Gasteiger partial charge is 0.371 e. The Hall–Kier alpha value is -1.02. The Morgan fingerprint density at radius 3 is 2.42 bits per heavy atom. The molecule has 1 atom stereocenters. The molecule has 0 radical (unpaired) electrons. The highest BCUT2D eigenvalue weighted by atomic mass is 15.2. The van der Waals surface area contributed by atoms with Gasteiger partial charge >= 0.3 is 0 Å². The van der Waals surface area contributed by atoms with Crippen molar-refractivity contribution in [3.63, 3.8) is 0 Å². The third-order valence-electron chi connectivity index (χ3n) is 4.03. The summed E-state index contributed by atoms with van der Waals surface area (Å²) in [5.41, 5.74) is 2.82. The lowest BCUT2D eigenvalue weighted by Gasteiger charge is -2.20. The fourth-order valence-corrected chi connectivity index (χ4v) is 2.71. The van der Waals surface area contributed by atoms with Crippen molar-refractivity contribution in [2.45, 2.75) is 46.1 Å². The highest BCUT2D eigenvalue weighted by Gasteiger charge is 2.22. The van der Waals surface area contributed by atoms with E-state index in [1.54, 1.807) is 0 Å². The first-order valence-electron chi connectivity index (χ1n) is 7.64. The number of rotatable bonds is 5. The molecule has 0 bridgehead atoms. The number of anilines is 1. The highest BCUT2D eigenvalue weighted by Crippen LogP contribution is 2.25. The average Bonchev–Trinajstić information content (AvgIpc) is 2.85. The maximum Gasteiger partial charge on any atom is 0.0366 e. The van der Waals surface area contributed by atoms with Crippen molar-refractivity contribution in [3.8, 4) is 0 Å². The first kappa shape index (κ1) is 14.4. The van der Waals surface area contributed by atoms with E-state index in [1.165, 1.54) is 30.8 Å². The van der Waals surface area contributed by atoms with Crippen molar-refractivity contribution in [1.82, 2.24) is 5.32 Å². The van der Waals surface area contributed by atoms with E-state index in [0.717, 1.165) is 12.5 Å². The molecule has 1 aliphatic rings. The topological polar surface area (TPSA) is 15.3 Å². The molecule has 1 aromatic rings. The molecule has 1 aromatic carbocycles. The van der Waals surface area contributed by atoms with Crippen LogP contribution in [0.5, 0.6) is 0 Å². The van der Waals surface area contributed by atoms with Gasteiger partial charge in [0.05, 0.1) is 0 Å². The van der Waals surface area contributed by atoms with E-state index in [9.17, 15) is 0 Å². The van der Waals surface area contributed by atoms with Gasteiger partial charge in [0.25, 0.3) is 0 Å². The molecule has 0 amide bonds. The third-order valence-corrected chi connectivity index (χ3v) is 4.03. The fraction of sp³-hybridized carbons (Fsp3) is 0.647. The minimum Gasteiger partial charge on any atom is -0.371 e. The van der Waals surface area contributed by atoms with Gasteiger partial charge in [0, 0.05) is 24.8 Å². The summed E-state index contributed by atoms with van der Waals surface area (Å²) in [6.45, 7) is 12.5. The van der Waals surface area contributed by atoms with Gasteiger partial charge in [-0.1, -0.05) is 39.8 Å². The van der Waals surface area contributed by atoms with Crippen LogP contribution in [0.15, 0.2) is 24.3 Å². The molecule has 1 saturated heterocycles. The highest BCUT2D eigenvalue weighted by molar-refractivity contribution is 5.48. The average molecular weight is 260 g/mol. The third kappa shape index (κ3) is 3.97. The van der Waals surface area contributed by atoms with E-state index in [0.29, 0.717) is 12.0 Å². The van der Waals surface area contributed by atoms with Crippen molar-refractivity contribution in [1.29, 1.82) is 0 Å². The summed E-state index contributed by atoms with van der Waals surface area (Å²) in [5, 5.41) is 3.56. The van der Waals surface area contributed by atoms with Gasteiger partial charge in [-0.15, -0.1) is 0 Å². The van der Waals surface area contributed by atoms with Crippen LogP contribution in [-0.4, -0.2) is 25.7 Å². The van der Waals surface area contributed by atoms with Crippen LogP contribution >= 0.6 is 0 Å². The summed E-state index contributed by atoms with van der Waals surface area (Å²) in [6.07, 6.45) is 1.31. The molecule has 1 aliphatic heterocycles. The van der Waals surface area contributed by atoms with Gasteiger partial charge in [-0.05, 0) is 42.5 Å². The van der Waals surface area contributed by atoms with Gasteiger partial charge in [0.1, 0.15) is 0 Å². The molecule has 0 saturated carbocycles. The van der Waals surface area contributed by atoms with Crippen molar-refractivity contribution < 1.29 is 0 Å². The van der Waals surface area contributed by atoms with E-state index in [4.69, 9.17) is 0 Å². The number of nitrogens with zero attached hydrogens (tertiary/aromatic N) is 1. The summed E-state index contributed by atoms with van der Waals surface area (Å²) >= 11 is 0. The second kappa shape index (κ2) is 6.42. The molecule has 1 unspecified atom stereocenters. The van der Waals surface area contributed by atoms with Gasteiger partial charge in [-0.25, -0.2) is 0 Å². The van der Waals surface area contributed by atoms with Crippen LogP contribution in [0, 0.1) is 5.92 Å². The summed E-state index contributed by atoms with van der Waals surface area (Å²) in [5.74, 6) is 1.42. The minimum absolute atomic E-state index is 0.597. The van der Waals surface area contributed by atoms with Crippen LogP contribution in [0.25, 0.3) is 0 Å². The molecular formula is C17H28N2. The van der Waals surface area contributed by atoms with E-state index in [1.807, 2.05) is 0 Å². The van der Waals surface area contributed by atoms with Crippen molar-refractivity contribution in [2.24, 2.45) is 5.92 Å². The zero-order valence-electron chi connectivity index (χ0n) is 12.8. The molecule has 0 spiro atoms. The lowest BCUT2D eigenvalue weighted by molar-refractivity contribution is 0.480. The van der Waals surface area contributed by atoms with E-state index < -0.39 is 0 Å². The smallest absolute Gasteiger partial charge is 0.0366 e. The molecule has 2 heteroatoms. The lowest BCUT2D eigenvalue weighted by atomic mass is 10.0. The van der Waals surface area contributed by atoms with Crippen molar-refractivity contribution >= 4 is 5.69 Å². The lowest BCUT2D eigenvalue weighted by Crippen LogP contribution is -2.30. The molecule has 19 heavy (non-hydrogen) atoms. The quantitative estimate of drug-likeness (QED) is 0.869. The van der Waals surface area contributed by atoms with Crippen LogP contribution in [0.4, 0.5) is 5.69 Å². The number of nitrogens with one attached hydrogen (secondary N) is 1. The van der Waals surface area contributed by atoms with Crippen molar-refractivity contribution in [2.75, 3.05) is 24.5 Å². The molecule has 1 heterocycles. The van der Waals surface area contributed by atoms with Crippen LogP contribution in [0.1, 0.15) is 45.6 Å². The Balaban J connectivity index is 1.89. The second-order valence-corrected chi connectivity index (χ2v) is 6.41. The standard InChI is InChI=1S/C17H28N2/c1-13(2)16-5-7-17(8-6-16)19-10-9-15(12-19)11-18-14(3)4/h5-8,13-15,18H,9-12H2,1-4H3. The Morgan fingerprint density at radius 2 is 1.84 bits per heavy atom. The maximum absolute atomic E-state index is 3.56. The molecule has 0 aliphatic carbocycles. The predicted molar refractivity (Wildman–Crippen MR) is 84.0 cm³/mol. The summed E-state index contributed by atoms with van der Waals surface area (Å²) in [4.78, 5) is 2.52. The Labute approximate surface area is 118 Å². The van der Waals surface area contributed by atoms with Gasteiger partial charge in [-0.2, -0.15) is 0 Å². The SMILES string of the molecule is CC(C)NCC1CCN(c2ccc(C(C)C)cc2)C1. The Bertz CT molecular complexity index is 381. The minimum atomic E-state index is 0.597. The predicted octanol–water partition coefficient (Wildman–Crippen LogP) is 3.63. The van der Waals surface area contributed by atoms with E-state index in [2.05, 4.69) is 62.2 Å². The maximum atomic E-state index is 3.56. The van der Waals surface area contributed by atoms with E-state index in [-0.39, 0.29) is 0 Å². The van der Waals surface area contributed by atoms with Gasteiger partial charge in [0.2, 0.25) is 0 Å². The van der Waals surface area contributed by atoms with Crippen LogP contribution in [0.2, 0.25) is 0 Å². The molecule has 2 rings (SSSR count). The summed E-state index contributed by atoms with van der Waals surface area (Å²) < 4.78 is 0. The van der Waals surface area contributed by atoms with Gasteiger partial charge in [-0.3, -0.25) is 0 Å². The molecule has 106 valence electrons.